The van der Waals surface area contributed by atoms with Crippen molar-refractivity contribution in [1.82, 2.24) is 24.6 Å². The van der Waals surface area contributed by atoms with Gasteiger partial charge in [0, 0.05) is 0 Å². The fraction of sp³-hybridized carbons (Fsp3) is 0.571. The van der Waals surface area contributed by atoms with Crippen molar-refractivity contribution in [3.63, 3.8) is 0 Å². The third kappa shape index (κ3) is 7.37. The van der Waals surface area contributed by atoms with Gasteiger partial charge < -0.3 is 30.8 Å². The van der Waals surface area contributed by atoms with E-state index in [1.165, 1.54) is 24.9 Å². The Bertz CT molecular complexity index is 1460. The summed E-state index contributed by atoms with van der Waals surface area (Å²) in [6.07, 6.45) is -0.273. The number of esters is 1. The van der Waals surface area contributed by atoms with E-state index in [9.17, 15) is 14.5 Å². The lowest BCUT2D eigenvalue weighted by Crippen LogP contribution is -2.52. The summed E-state index contributed by atoms with van der Waals surface area (Å²) in [5.41, 5.74) is 12.5. The molecular weight excluding hydrogens is 593 g/mol. The minimum Gasteiger partial charge on any atom is -0.479 e. The molecule has 16 heteroatoms. The molecule has 1 aromatic carbocycles. The van der Waals surface area contributed by atoms with E-state index in [-0.39, 0.29) is 24.1 Å². The molecule has 0 amide bonds. The van der Waals surface area contributed by atoms with Gasteiger partial charge in [-0.2, -0.15) is 9.97 Å². The molecule has 3 aromatic rings. The maximum atomic E-state index is 14.3. The minimum atomic E-state index is -4.23. The van der Waals surface area contributed by atoms with Crippen molar-refractivity contribution in [1.29, 1.82) is 0 Å². The molecule has 15 nitrogen and oxygen atoms in total. The number of hydrogen-bond donors (Lipinski definition) is 4. The predicted molar refractivity (Wildman–Crippen MR) is 161 cm³/mol. The van der Waals surface area contributed by atoms with Crippen LogP contribution in [0, 0.1) is 0 Å². The largest absolute Gasteiger partial charge is 0.479 e. The average Bonchev–Trinajstić information content (AvgIpc) is 3.51. The third-order valence-electron chi connectivity index (χ3n) is 7.34. The summed E-state index contributed by atoms with van der Waals surface area (Å²) >= 11 is 0. The van der Waals surface area contributed by atoms with Crippen LogP contribution in [-0.2, 0) is 27.9 Å². The molecule has 0 spiro atoms. The van der Waals surface area contributed by atoms with Crippen LogP contribution in [0.4, 0.5) is 5.95 Å². The predicted octanol–water partition coefficient (Wildman–Crippen LogP) is 3.01. The summed E-state index contributed by atoms with van der Waals surface area (Å²) < 4.78 is 44.4. The Hall–Kier alpha value is -3.17. The number of carbonyl (C=O) groups excluding carboxylic acids is 1. The first-order chi connectivity index (χ1) is 20.9. The van der Waals surface area contributed by atoms with Crippen molar-refractivity contribution < 1.29 is 37.7 Å². The van der Waals surface area contributed by atoms with Crippen molar-refractivity contribution in [2.75, 3.05) is 26.1 Å². The number of anilines is 1. The van der Waals surface area contributed by atoms with Crippen molar-refractivity contribution in [2.45, 2.75) is 83.1 Å². The first-order valence-electron chi connectivity index (χ1n) is 14.5. The molecule has 6 N–H and O–H groups in total. The van der Waals surface area contributed by atoms with Crippen molar-refractivity contribution >= 4 is 30.8 Å². The number of aliphatic hydroxyl groups excluding tert-OH is 1. The lowest BCUT2D eigenvalue weighted by atomic mass is 9.93. The van der Waals surface area contributed by atoms with Crippen LogP contribution in [0.5, 0.6) is 5.88 Å². The first kappa shape index (κ1) is 33.7. The number of unbranched alkanes of at least 4 members (excludes halogenated alkanes) is 1. The molecule has 0 bridgehead atoms. The van der Waals surface area contributed by atoms with E-state index in [0.29, 0.717) is 11.9 Å². The molecule has 1 aliphatic heterocycles. The van der Waals surface area contributed by atoms with Gasteiger partial charge in [-0.3, -0.25) is 18.4 Å². The number of benzene rings is 1. The zero-order valence-corrected chi connectivity index (χ0v) is 26.5. The highest BCUT2D eigenvalue weighted by molar-refractivity contribution is 7.51. The lowest BCUT2D eigenvalue weighted by molar-refractivity contribution is -0.144. The van der Waals surface area contributed by atoms with Crippen LogP contribution >= 0.6 is 7.75 Å². The van der Waals surface area contributed by atoms with Crippen LogP contribution in [0.1, 0.15) is 64.9 Å². The van der Waals surface area contributed by atoms with Gasteiger partial charge in [0.2, 0.25) is 11.8 Å². The zero-order chi connectivity index (χ0) is 32.1. The molecule has 0 aliphatic carbocycles. The number of imidazole rings is 1. The zero-order valence-electron chi connectivity index (χ0n) is 25.6. The van der Waals surface area contributed by atoms with Gasteiger partial charge in [-0.05, 0) is 32.8 Å². The van der Waals surface area contributed by atoms with Gasteiger partial charge in [0.25, 0.3) is 0 Å². The Kier molecular flexibility index (Phi) is 10.9. The first-order valence-corrected chi connectivity index (χ1v) is 16.1. The molecular formula is C28H42N7O8P. The molecule has 2 unspecified atom stereocenters. The number of rotatable bonds is 15. The lowest BCUT2D eigenvalue weighted by Gasteiger charge is -2.29. The van der Waals surface area contributed by atoms with Crippen LogP contribution in [0.3, 0.4) is 0 Å². The molecule has 7 atom stereocenters. The summed E-state index contributed by atoms with van der Waals surface area (Å²) in [4.78, 5) is 25.1. The van der Waals surface area contributed by atoms with E-state index in [1.807, 2.05) is 37.3 Å². The number of fused-ring (bicyclic) bond motifs is 1. The van der Waals surface area contributed by atoms with Crippen molar-refractivity contribution in [2.24, 2.45) is 5.73 Å². The van der Waals surface area contributed by atoms with Gasteiger partial charge >= 0.3 is 13.7 Å². The molecule has 2 aromatic heterocycles. The van der Waals surface area contributed by atoms with Crippen LogP contribution in [0.15, 0.2) is 36.7 Å². The number of aliphatic hydroxyl groups is 1. The second-order valence-corrected chi connectivity index (χ2v) is 12.5. The molecule has 1 aliphatic rings. The normalized spacial score (nSPS) is 24.6. The second kappa shape index (κ2) is 14.3. The van der Waals surface area contributed by atoms with E-state index in [0.717, 1.165) is 18.4 Å². The molecule has 4 rings (SSSR count). The number of nitrogens with one attached hydrogen (secondary N) is 1. The maximum Gasteiger partial charge on any atom is 0.406 e. The Morgan fingerprint density at radius 3 is 2.66 bits per heavy atom. The van der Waals surface area contributed by atoms with Crippen LogP contribution in [0.25, 0.3) is 11.2 Å². The van der Waals surface area contributed by atoms with E-state index >= 15 is 0 Å². The number of nitrogen functional groups attached to an aromatic ring is 1. The average molecular weight is 636 g/mol. The summed E-state index contributed by atoms with van der Waals surface area (Å²) in [5.74, 6) is -0.510. The van der Waals surface area contributed by atoms with Gasteiger partial charge in [-0.25, -0.2) is 14.6 Å². The van der Waals surface area contributed by atoms with Gasteiger partial charge in [0.1, 0.15) is 18.2 Å². The number of carbonyl (C=O) groups is 1. The van der Waals surface area contributed by atoms with Gasteiger partial charge in [-0.1, -0.05) is 50.1 Å². The maximum absolute atomic E-state index is 14.3. The number of aromatic nitrogens is 4. The number of methoxy groups -OCH3 is 1. The topological polar surface area (TPSA) is 208 Å². The molecule has 3 heterocycles. The highest BCUT2D eigenvalue weighted by Crippen LogP contribution is 2.51. The minimum absolute atomic E-state index is 0.0517. The van der Waals surface area contributed by atoms with Crippen LogP contribution < -0.4 is 21.3 Å². The SMILES string of the molecule is CCCCC(OP(=O)(N[C@@H](C)C(=O)OCC)OC[C@H]1O[C@@H](n2cnc3c(OC)nc(N)nc32)[C@](C)(N)[C@@H]1O)c1ccccc1. The van der Waals surface area contributed by atoms with Gasteiger partial charge in [0.15, 0.2) is 17.4 Å². The molecule has 0 saturated carbocycles. The fourth-order valence-corrected chi connectivity index (χ4v) is 6.66. The second-order valence-electron chi connectivity index (χ2n) is 10.8. The van der Waals surface area contributed by atoms with Crippen LogP contribution in [-0.4, -0.2) is 74.7 Å². The highest BCUT2D eigenvalue weighted by Gasteiger charge is 2.53. The summed E-state index contributed by atoms with van der Waals surface area (Å²) in [6, 6.07) is 8.30. The van der Waals surface area contributed by atoms with Crippen molar-refractivity contribution in [3.05, 3.63) is 42.2 Å². The quantitative estimate of drug-likeness (QED) is 0.140. The van der Waals surface area contributed by atoms with Gasteiger partial charge in [-0.15, -0.1) is 0 Å². The highest BCUT2D eigenvalue weighted by atomic mass is 31.2. The van der Waals surface area contributed by atoms with Gasteiger partial charge in [0.05, 0.1) is 38.3 Å². The Morgan fingerprint density at radius 2 is 2.00 bits per heavy atom. The van der Waals surface area contributed by atoms with E-state index < -0.39 is 56.4 Å². The molecule has 0 radical (unpaired) electrons. The Morgan fingerprint density at radius 1 is 1.27 bits per heavy atom. The smallest absolute Gasteiger partial charge is 0.406 e. The Balaban J connectivity index is 1.59. The molecule has 44 heavy (non-hydrogen) atoms. The molecule has 242 valence electrons. The number of hydrogen-bond acceptors (Lipinski definition) is 13. The summed E-state index contributed by atoms with van der Waals surface area (Å²) in [7, 11) is -2.80. The fourth-order valence-electron chi connectivity index (χ4n) is 4.98. The van der Waals surface area contributed by atoms with Crippen LogP contribution in [0.2, 0.25) is 0 Å². The molecule has 1 saturated heterocycles. The number of nitrogens with zero attached hydrogens (tertiary/aromatic N) is 4. The monoisotopic (exact) mass is 635 g/mol. The standard InChI is InChI=1S/C28H42N7O8P/c1-6-8-14-19(18-12-10-9-11-13-18)43-44(38,34-17(3)25(37)40-7-2)41-15-20-22(36)28(4,30)26(42-20)35-16-31-21-23(35)32-27(29)33-24(21)39-5/h9-13,16-17,19-20,22,26,36H,6-8,14-15,30H2,1-5H3,(H,34,38)(H2,29,32,33)/t17-,19?,20+,22+,26+,28+,44?/m0/s1. The van der Waals surface area contributed by atoms with E-state index in [4.69, 9.17) is 34.7 Å². The number of nitrogens with two attached hydrogens (primary N) is 2. The summed E-state index contributed by atoms with van der Waals surface area (Å²) in [6.45, 7) is 6.56. The summed E-state index contributed by atoms with van der Waals surface area (Å²) in [5, 5.41) is 14.0. The third-order valence-corrected chi connectivity index (χ3v) is 9.06. The number of ether oxygens (including phenoxy) is 3. The van der Waals surface area contributed by atoms with E-state index in [1.54, 1.807) is 13.8 Å². The molecule has 1 fully saturated rings. The van der Waals surface area contributed by atoms with E-state index in [2.05, 4.69) is 20.0 Å². The van der Waals surface area contributed by atoms with Crippen molar-refractivity contribution in [3.8, 4) is 5.88 Å². The Labute approximate surface area is 256 Å².